The summed E-state index contributed by atoms with van der Waals surface area (Å²) in [5.41, 5.74) is 7.96. The van der Waals surface area contributed by atoms with E-state index in [1.807, 2.05) is 29.9 Å². The summed E-state index contributed by atoms with van der Waals surface area (Å²) >= 11 is 0. The monoisotopic (exact) mass is 261 g/mol. The van der Waals surface area contributed by atoms with Crippen LogP contribution in [0.1, 0.15) is 17.0 Å². The number of ether oxygens (including phenoxy) is 2. The van der Waals surface area contributed by atoms with E-state index >= 15 is 0 Å². The van der Waals surface area contributed by atoms with Gasteiger partial charge in [0, 0.05) is 32.4 Å². The molecule has 1 heterocycles. The summed E-state index contributed by atoms with van der Waals surface area (Å²) in [4.78, 5) is 4.33. The van der Waals surface area contributed by atoms with Gasteiger partial charge in [0.1, 0.15) is 5.82 Å². The first kappa shape index (κ1) is 13.4. The molecule has 0 amide bonds. The van der Waals surface area contributed by atoms with Crippen molar-refractivity contribution in [2.24, 2.45) is 12.8 Å². The van der Waals surface area contributed by atoms with Gasteiger partial charge in [0.2, 0.25) is 0 Å². The highest BCUT2D eigenvalue weighted by molar-refractivity contribution is 5.48. The Labute approximate surface area is 113 Å². The van der Waals surface area contributed by atoms with Gasteiger partial charge in [0.15, 0.2) is 11.5 Å². The van der Waals surface area contributed by atoms with Gasteiger partial charge in [0.05, 0.1) is 14.2 Å². The summed E-state index contributed by atoms with van der Waals surface area (Å²) in [6, 6.07) is 3.90. The number of hydrogen-bond acceptors (Lipinski definition) is 4. The van der Waals surface area contributed by atoms with Gasteiger partial charge in [-0.05, 0) is 23.3 Å². The van der Waals surface area contributed by atoms with Crippen molar-refractivity contribution in [3.8, 4) is 11.5 Å². The van der Waals surface area contributed by atoms with Gasteiger partial charge in [-0.1, -0.05) is 0 Å². The lowest BCUT2D eigenvalue weighted by molar-refractivity contribution is 0.354. The number of hydrogen-bond donors (Lipinski definition) is 1. The van der Waals surface area contributed by atoms with Crippen LogP contribution in [0.5, 0.6) is 11.5 Å². The summed E-state index contributed by atoms with van der Waals surface area (Å²) in [6.45, 7) is 0.458. The lowest BCUT2D eigenvalue weighted by Gasteiger charge is -2.14. The molecule has 0 spiro atoms. The molecule has 0 bridgehead atoms. The normalized spacial score (nSPS) is 10.5. The first-order valence-corrected chi connectivity index (χ1v) is 6.09. The zero-order valence-electron chi connectivity index (χ0n) is 11.5. The largest absolute Gasteiger partial charge is 0.493 e. The van der Waals surface area contributed by atoms with Crippen molar-refractivity contribution < 1.29 is 9.47 Å². The average molecular weight is 261 g/mol. The molecular weight excluding hydrogens is 242 g/mol. The molecule has 0 aliphatic heterocycles. The standard InChI is InChI=1S/C14H19N3O2/c1-17-5-4-16-14(17)8-10-6-12(18-2)13(19-3)7-11(10)9-15/h4-7H,8-9,15H2,1-3H3. The highest BCUT2D eigenvalue weighted by atomic mass is 16.5. The summed E-state index contributed by atoms with van der Waals surface area (Å²) in [7, 11) is 5.23. The number of nitrogens with two attached hydrogens (primary N) is 1. The summed E-state index contributed by atoms with van der Waals surface area (Å²) in [6.07, 6.45) is 4.44. The second-order valence-corrected chi connectivity index (χ2v) is 4.31. The Morgan fingerprint density at radius 2 is 1.79 bits per heavy atom. The molecule has 5 heteroatoms. The third-order valence-electron chi connectivity index (χ3n) is 3.20. The fourth-order valence-corrected chi connectivity index (χ4v) is 2.05. The summed E-state index contributed by atoms with van der Waals surface area (Å²) in [5.74, 6) is 2.40. The van der Waals surface area contributed by atoms with Crippen LogP contribution in [0.25, 0.3) is 0 Å². The van der Waals surface area contributed by atoms with E-state index in [9.17, 15) is 0 Å². The van der Waals surface area contributed by atoms with E-state index < -0.39 is 0 Å². The number of nitrogens with zero attached hydrogens (tertiary/aromatic N) is 2. The third kappa shape index (κ3) is 2.71. The van der Waals surface area contributed by atoms with Crippen molar-refractivity contribution >= 4 is 0 Å². The van der Waals surface area contributed by atoms with Crippen molar-refractivity contribution in [2.75, 3.05) is 14.2 Å². The maximum absolute atomic E-state index is 5.81. The molecule has 5 nitrogen and oxygen atoms in total. The minimum atomic E-state index is 0.458. The minimum Gasteiger partial charge on any atom is -0.493 e. The minimum absolute atomic E-state index is 0.458. The van der Waals surface area contributed by atoms with E-state index in [0.717, 1.165) is 23.4 Å². The Kier molecular flexibility index (Phi) is 4.06. The van der Waals surface area contributed by atoms with Crippen LogP contribution >= 0.6 is 0 Å². The first-order chi connectivity index (χ1) is 9.19. The van der Waals surface area contributed by atoms with Crippen LogP contribution in [0.15, 0.2) is 24.5 Å². The van der Waals surface area contributed by atoms with Crippen molar-refractivity contribution in [2.45, 2.75) is 13.0 Å². The molecule has 0 saturated heterocycles. The van der Waals surface area contributed by atoms with Crippen molar-refractivity contribution in [3.05, 3.63) is 41.5 Å². The van der Waals surface area contributed by atoms with Gasteiger partial charge >= 0.3 is 0 Å². The Morgan fingerprint density at radius 3 is 2.26 bits per heavy atom. The molecule has 0 aliphatic carbocycles. The van der Waals surface area contributed by atoms with E-state index in [2.05, 4.69) is 4.98 Å². The number of benzene rings is 1. The Hall–Kier alpha value is -2.01. The highest BCUT2D eigenvalue weighted by Crippen LogP contribution is 2.31. The van der Waals surface area contributed by atoms with Crippen LogP contribution in [-0.4, -0.2) is 23.8 Å². The molecule has 0 radical (unpaired) electrons. The van der Waals surface area contributed by atoms with Crippen LogP contribution in [0.2, 0.25) is 0 Å². The quantitative estimate of drug-likeness (QED) is 0.885. The average Bonchev–Trinajstić information content (AvgIpc) is 2.83. The molecule has 102 valence electrons. The van der Waals surface area contributed by atoms with Crippen LogP contribution in [0.3, 0.4) is 0 Å². The second kappa shape index (κ2) is 5.75. The predicted molar refractivity (Wildman–Crippen MR) is 73.5 cm³/mol. The second-order valence-electron chi connectivity index (χ2n) is 4.31. The van der Waals surface area contributed by atoms with Crippen LogP contribution in [0, 0.1) is 0 Å². The summed E-state index contributed by atoms with van der Waals surface area (Å²) < 4.78 is 12.6. The number of methoxy groups -OCH3 is 2. The lowest BCUT2D eigenvalue weighted by Crippen LogP contribution is -2.06. The molecule has 1 aromatic heterocycles. The van der Waals surface area contributed by atoms with E-state index in [1.54, 1.807) is 20.4 Å². The topological polar surface area (TPSA) is 62.3 Å². The molecule has 2 N–H and O–H groups in total. The fourth-order valence-electron chi connectivity index (χ4n) is 2.05. The van der Waals surface area contributed by atoms with E-state index in [1.165, 1.54) is 0 Å². The molecule has 0 fully saturated rings. The van der Waals surface area contributed by atoms with Gasteiger partial charge in [-0.2, -0.15) is 0 Å². The third-order valence-corrected chi connectivity index (χ3v) is 3.20. The number of aromatic nitrogens is 2. The van der Waals surface area contributed by atoms with Crippen molar-refractivity contribution in [1.29, 1.82) is 0 Å². The van der Waals surface area contributed by atoms with Crippen LogP contribution < -0.4 is 15.2 Å². The number of aryl methyl sites for hydroxylation is 1. The Morgan fingerprint density at radius 1 is 1.16 bits per heavy atom. The van der Waals surface area contributed by atoms with Crippen molar-refractivity contribution in [1.82, 2.24) is 9.55 Å². The van der Waals surface area contributed by atoms with E-state index in [0.29, 0.717) is 18.0 Å². The molecule has 0 saturated carbocycles. The van der Waals surface area contributed by atoms with Crippen LogP contribution in [0.4, 0.5) is 0 Å². The molecular formula is C14H19N3O2. The van der Waals surface area contributed by atoms with Crippen molar-refractivity contribution in [3.63, 3.8) is 0 Å². The molecule has 1 aromatic carbocycles. The predicted octanol–water partition coefficient (Wildman–Crippen LogP) is 1.49. The van der Waals surface area contributed by atoms with E-state index in [-0.39, 0.29) is 0 Å². The maximum Gasteiger partial charge on any atom is 0.161 e. The lowest BCUT2D eigenvalue weighted by atomic mass is 10.0. The van der Waals surface area contributed by atoms with Crippen LogP contribution in [-0.2, 0) is 20.0 Å². The fraction of sp³-hybridized carbons (Fsp3) is 0.357. The van der Waals surface area contributed by atoms with E-state index in [4.69, 9.17) is 15.2 Å². The zero-order chi connectivity index (χ0) is 13.8. The van der Waals surface area contributed by atoms with Gasteiger partial charge in [0.25, 0.3) is 0 Å². The van der Waals surface area contributed by atoms with Gasteiger partial charge in [-0.15, -0.1) is 0 Å². The zero-order valence-corrected chi connectivity index (χ0v) is 11.5. The summed E-state index contributed by atoms with van der Waals surface area (Å²) in [5, 5.41) is 0. The smallest absolute Gasteiger partial charge is 0.161 e. The maximum atomic E-state index is 5.81. The number of rotatable bonds is 5. The molecule has 2 rings (SSSR count). The van der Waals surface area contributed by atoms with Gasteiger partial charge in [-0.25, -0.2) is 4.98 Å². The highest BCUT2D eigenvalue weighted by Gasteiger charge is 2.12. The number of imidazole rings is 1. The Balaban J connectivity index is 2.41. The first-order valence-electron chi connectivity index (χ1n) is 6.09. The molecule has 0 unspecified atom stereocenters. The molecule has 0 atom stereocenters. The molecule has 0 aliphatic rings. The SMILES string of the molecule is COc1cc(CN)c(Cc2nccn2C)cc1OC. The molecule has 2 aromatic rings. The van der Waals surface area contributed by atoms with Gasteiger partial charge < -0.3 is 19.8 Å². The molecule has 19 heavy (non-hydrogen) atoms. The Bertz CT molecular complexity index is 564. The van der Waals surface area contributed by atoms with Gasteiger partial charge in [-0.3, -0.25) is 0 Å².